The maximum absolute atomic E-state index is 11.9. The Morgan fingerprint density at radius 2 is 2.20 bits per heavy atom. The second-order valence-electron chi connectivity index (χ2n) is 5.21. The molecule has 6 heteroatoms. The predicted molar refractivity (Wildman–Crippen MR) is 83.4 cm³/mol. The standard InChI is InChI=1S/C14H25N3O2S/c1-6-17(5)9-8-15-13-16-11(10-20-13)14(3,4)12(18)19-7-2/h10H,6-9H2,1-5H3,(H,15,16). The highest BCUT2D eigenvalue weighted by atomic mass is 32.1. The van der Waals surface area contributed by atoms with E-state index in [0.717, 1.165) is 30.5 Å². The van der Waals surface area contributed by atoms with Crippen LogP contribution in [0.4, 0.5) is 5.13 Å². The van der Waals surface area contributed by atoms with Gasteiger partial charge in [0, 0.05) is 18.5 Å². The molecule has 20 heavy (non-hydrogen) atoms. The zero-order valence-corrected chi connectivity index (χ0v) is 13.8. The molecule has 1 aromatic rings. The first-order chi connectivity index (χ1) is 9.41. The Labute approximate surface area is 125 Å². The van der Waals surface area contributed by atoms with Gasteiger partial charge in [0.25, 0.3) is 0 Å². The Balaban J connectivity index is 2.60. The van der Waals surface area contributed by atoms with Crippen LogP contribution in [0.2, 0.25) is 0 Å². The fourth-order valence-electron chi connectivity index (χ4n) is 1.57. The number of carbonyl (C=O) groups is 1. The van der Waals surface area contributed by atoms with Crippen molar-refractivity contribution in [2.24, 2.45) is 0 Å². The number of hydrogen-bond acceptors (Lipinski definition) is 6. The molecule has 0 amide bonds. The van der Waals surface area contributed by atoms with Crippen LogP contribution in [0.15, 0.2) is 5.38 Å². The Kier molecular flexibility index (Phi) is 6.42. The van der Waals surface area contributed by atoms with E-state index in [1.807, 2.05) is 26.2 Å². The Hall–Kier alpha value is -1.14. The maximum atomic E-state index is 11.9. The number of carbonyl (C=O) groups excluding carboxylic acids is 1. The first-order valence-corrected chi connectivity index (χ1v) is 7.85. The van der Waals surface area contributed by atoms with Crippen molar-refractivity contribution in [2.75, 3.05) is 38.6 Å². The zero-order valence-electron chi connectivity index (χ0n) is 13.0. The lowest BCUT2D eigenvalue weighted by Gasteiger charge is -2.19. The third-order valence-electron chi connectivity index (χ3n) is 3.24. The van der Waals surface area contributed by atoms with Crippen LogP contribution >= 0.6 is 11.3 Å². The number of thiazole rings is 1. The van der Waals surface area contributed by atoms with E-state index < -0.39 is 5.41 Å². The highest BCUT2D eigenvalue weighted by Gasteiger charge is 2.33. The van der Waals surface area contributed by atoms with E-state index in [1.54, 1.807) is 0 Å². The van der Waals surface area contributed by atoms with Gasteiger partial charge in [-0.1, -0.05) is 6.92 Å². The molecule has 0 unspecified atom stereocenters. The molecule has 0 saturated heterocycles. The van der Waals surface area contributed by atoms with Crippen molar-refractivity contribution in [2.45, 2.75) is 33.1 Å². The van der Waals surface area contributed by atoms with Gasteiger partial charge in [-0.25, -0.2) is 4.98 Å². The lowest BCUT2D eigenvalue weighted by molar-refractivity contribution is -0.148. The van der Waals surface area contributed by atoms with Crippen molar-refractivity contribution >= 4 is 22.4 Å². The molecule has 0 bridgehead atoms. The molecule has 0 aliphatic carbocycles. The third kappa shape index (κ3) is 4.45. The number of anilines is 1. The van der Waals surface area contributed by atoms with Crippen molar-refractivity contribution in [3.05, 3.63) is 11.1 Å². The summed E-state index contributed by atoms with van der Waals surface area (Å²) in [6.07, 6.45) is 0. The van der Waals surface area contributed by atoms with Crippen LogP contribution in [0.25, 0.3) is 0 Å². The molecule has 0 aliphatic rings. The number of esters is 1. The summed E-state index contributed by atoms with van der Waals surface area (Å²) in [5.41, 5.74) is 0.0550. The van der Waals surface area contributed by atoms with Gasteiger partial charge >= 0.3 is 5.97 Å². The van der Waals surface area contributed by atoms with Crippen LogP contribution in [0, 0.1) is 0 Å². The van der Waals surface area contributed by atoms with Crippen molar-refractivity contribution in [3.63, 3.8) is 0 Å². The third-order valence-corrected chi connectivity index (χ3v) is 4.04. The van der Waals surface area contributed by atoms with Crippen LogP contribution in [0.1, 0.15) is 33.4 Å². The Morgan fingerprint density at radius 3 is 2.80 bits per heavy atom. The van der Waals surface area contributed by atoms with Crippen LogP contribution in [0.3, 0.4) is 0 Å². The quantitative estimate of drug-likeness (QED) is 0.747. The summed E-state index contributed by atoms with van der Waals surface area (Å²) >= 11 is 1.52. The summed E-state index contributed by atoms with van der Waals surface area (Å²) in [5, 5.41) is 6.06. The average Bonchev–Trinajstić information content (AvgIpc) is 2.88. The topological polar surface area (TPSA) is 54.5 Å². The molecule has 5 nitrogen and oxygen atoms in total. The fourth-order valence-corrected chi connectivity index (χ4v) is 2.48. The van der Waals surface area contributed by atoms with Crippen molar-refractivity contribution in [1.29, 1.82) is 0 Å². The van der Waals surface area contributed by atoms with Gasteiger partial charge in [-0.05, 0) is 34.4 Å². The number of nitrogens with one attached hydrogen (secondary N) is 1. The molecule has 1 N–H and O–H groups in total. The summed E-state index contributed by atoms with van der Waals surface area (Å²) in [7, 11) is 2.08. The van der Waals surface area contributed by atoms with Crippen molar-refractivity contribution < 1.29 is 9.53 Å². The molecule has 0 atom stereocenters. The van der Waals surface area contributed by atoms with Gasteiger partial charge in [-0.15, -0.1) is 11.3 Å². The molecule has 0 aliphatic heterocycles. The Bertz CT molecular complexity index is 432. The number of rotatable bonds is 8. The number of likely N-dealkylation sites (N-methyl/N-ethyl adjacent to an activating group) is 1. The molecule has 0 spiro atoms. The van der Waals surface area contributed by atoms with Crippen LogP contribution in [-0.2, 0) is 14.9 Å². The molecular formula is C14H25N3O2S. The van der Waals surface area contributed by atoms with Crippen molar-refractivity contribution in [3.8, 4) is 0 Å². The Morgan fingerprint density at radius 1 is 1.50 bits per heavy atom. The van der Waals surface area contributed by atoms with E-state index in [4.69, 9.17) is 4.74 Å². The number of aromatic nitrogens is 1. The second-order valence-corrected chi connectivity index (χ2v) is 6.06. The van der Waals surface area contributed by atoms with Gasteiger partial charge in [0.1, 0.15) is 5.41 Å². The van der Waals surface area contributed by atoms with E-state index in [9.17, 15) is 4.79 Å². The van der Waals surface area contributed by atoms with E-state index in [1.165, 1.54) is 11.3 Å². The molecular weight excluding hydrogens is 274 g/mol. The molecule has 0 aromatic carbocycles. The van der Waals surface area contributed by atoms with Gasteiger partial charge in [-0.3, -0.25) is 4.79 Å². The molecule has 1 heterocycles. The number of ether oxygens (including phenoxy) is 1. The summed E-state index contributed by atoms with van der Waals surface area (Å²) in [4.78, 5) is 18.7. The van der Waals surface area contributed by atoms with Crippen molar-refractivity contribution in [1.82, 2.24) is 9.88 Å². The number of hydrogen-bond donors (Lipinski definition) is 1. The van der Waals surface area contributed by atoms with Gasteiger partial charge < -0.3 is 15.0 Å². The summed E-state index contributed by atoms with van der Waals surface area (Å²) < 4.78 is 5.10. The second kappa shape index (κ2) is 7.59. The van der Waals surface area contributed by atoms with Crippen LogP contribution in [-0.4, -0.2) is 49.1 Å². The minimum Gasteiger partial charge on any atom is -0.465 e. The molecule has 114 valence electrons. The molecule has 0 saturated carbocycles. The SMILES string of the molecule is CCOC(=O)C(C)(C)c1csc(NCCN(C)CC)n1. The van der Waals surface area contributed by atoms with E-state index in [2.05, 4.69) is 29.2 Å². The van der Waals surface area contributed by atoms with Crippen LogP contribution < -0.4 is 5.32 Å². The maximum Gasteiger partial charge on any atom is 0.317 e. The highest BCUT2D eigenvalue weighted by molar-refractivity contribution is 7.13. The van der Waals surface area contributed by atoms with Gasteiger partial charge in [0.15, 0.2) is 5.13 Å². The molecule has 1 rings (SSSR count). The summed E-state index contributed by atoms with van der Waals surface area (Å²) in [6.45, 7) is 10.9. The fraction of sp³-hybridized carbons (Fsp3) is 0.714. The highest BCUT2D eigenvalue weighted by Crippen LogP contribution is 2.28. The first kappa shape index (κ1) is 16.9. The van der Waals surface area contributed by atoms with Gasteiger partial charge in [-0.2, -0.15) is 0 Å². The largest absolute Gasteiger partial charge is 0.465 e. The smallest absolute Gasteiger partial charge is 0.317 e. The minimum absolute atomic E-state index is 0.234. The predicted octanol–water partition coefficient (Wildman–Crippen LogP) is 2.35. The molecule has 0 fully saturated rings. The summed E-state index contributed by atoms with van der Waals surface area (Å²) in [6, 6.07) is 0. The zero-order chi connectivity index (χ0) is 15.2. The lowest BCUT2D eigenvalue weighted by atomic mass is 9.90. The van der Waals surface area contributed by atoms with E-state index >= 15 is 0 Å². The average molecular weight is 299 g/mol. The number of nitrogens with zero attached hydrogens (tertiary/aromatic N) is 2. The summed E-state index contributed by atoms with van der Waals surface area (Å²) in [5.74, 6) is -0.234. The van der Waals surface area contributed by atoms with Gasteiger partial charge in [0.05, 0.1) is 12.3 Å². The first-order valence-electron chi connectivity index (χ1n) is 6.97. The van der Waals surface area contributed by atoms with Gasteiger partial charge in [0.2, 0.25) is 0 Å². The lowest BCUT2D eigenvalue weighted by Crippen LogP contribution is -2.31. The van der Waals surface area contributed by atoms with Crippen LogP contribution in [0.5, 0.6) is 0 Å². The monoisotopic (exact) mass is 299 g/mol. The minimum atomic E-state index is -0.702. The normalized spacial score (nSPS) is 11.7. The molecule has 0 radical (unpaired) electrons. The van der Waals surface area contributed by atoms with E-state index in [0.29, 0.717) is 6.61 Å². The molecule has 1 aromatic heterocycles. The van der Waals surface area contributed by atoms with E-state index in [-0.39, 0.29) is 5.97 Å².